The lowest BCUT2D eigenvalue weighted by Gasteiger charge is -2.41. The molecule has 2 fully saturated rings. The van der Waals surface area contributed by atoms with Crippen LogP contribution < -0.4 is 14.8 Å². The van der Waals surface area contributed by atoms with Crippen molar-refractivity contribution < 1.29 is 9.47 Å². The summed E-state index contributed by atoms with van der Waals surface area (Å²) in [6.45, 7) is 4.55. The fourth-order valence-corrected chi connectivity index (χ4v) is 4.21. The van der Waals surface area contributed by atoms with Gasteiger partial charge in [0.15, 0.2) is 16.6 Å². The Balaban J connectivity index is 1.30. The Bertz CT molecular complexity index is 596. The van der Waals surface area contributed by atoms with Crippen molar-refractivity contribution >= 4 is 23.0 Å². The van der Waals surface area contributed by atoms with Crippen LogP contribution in [0.15, 0.2) is 18.2 Å². The summed E-state index contributed by atoms with van der Waals surface area (Å²) in [7, 11) is 0. The van der Waals surface area contributed by atoms with Crippen LogP contribution in [-0.2, 0) is 0 Å². The molecule has 4 rings (SSSR count). The standard InChI is InChI=1S/C18H25N3O2S/c24-18(19-14-6-7-16-17(12-14)23-13-22-16)21-10-8-20(9-11-21)15-4-2-1-3-5-15/h6-7,12,15H,1-5,8-11,13H2,(H,19,24). The van der Waals surface area contributed by atoms with Crippen LogP contribution in [0.5, 0.6) is 11.5 Å². The van der Waals surface area contributed by atoms with Crippen LogP contribution in [0.4, 0.5) is 5.69 Å². The molecule has 0 amide bonds. The normalized spacial score (nSPS) is 21.8. The molecule has 1 aliphatic carbocycles. The summed E-state index contributed by atoms with van der Waals surface area (Å²) >= 11 is 5.60. The Morgan fingerprint density at radius 3 is 2.54 bits per heavy atom. The van der Waals surface area contributed by atoms with Gasteiger partial charge in [-0.2, -0.15) is 0 Å². The summed E-state index contributed by atoms with van der Waals surface area (Å²) in [6, 6.07) is 6.66. The van der Waals surface area contributed by atoms with Gasteiger partial charge >= 0.3 is 0 Å². The zero-order valence-corrected chi connectivity index (χ0v) is 14.8. The summed E-state index contributed by atoms with van der Waals surface area (Å²) in [6.07, 6.45) is 6.96. The first-order valence-corrected chi connectivity index (χ1v) is 9.40. The maximum Gasteiger partial charge on any atom is 0.231 e. The molecule has 1 aromatic carbocycles. The SMILES string of the molecule is S=C(Nc1ccc2c(c1)OCO2)N1CCN(C2CCCCC2)CC1. The van der Waals surface area contributed by atoms with E-state index in [1.165, 1.54) is 32.1 Å². The first kappa shape index (κ1) is 16.0. The molecule has 0 spiro atoms. The molecule has 24 heavy (non-hydrogen) atoms. The second-order valence-corrected chi connectivity index (χ2v) is 7.20. The molecule has 2 aliphatic heterocycles. The van der Waals surface area contributed by atoms with Crippen molar-refractivity contribution in [3.05, 3.63) is 18.2 Å². The minimum Gasteiger partial charge on any atom is -0.454 e. The highest BCUT2D eigenvalue weighted by Crippen LogP contribution is 2.34. The number of nitrogens with zero attached hydrogens (tertiary/aromatic N) is 2. The zero-order chi connectivity index (χ0) is 16.4. The molecule has 0 bridgehead atoms. The predicted molar refractivity (Wildman–Crippen MR) is 98.8 cm³/mol. The number of piperazine rings is 1. The summed E-state index contributed by atoms with van der Waals surface area (Å²) < 4.78 is 10.8. The molecular weight excluding hydrogens is 322 g/mol. The van der Waals surface area contributed by atoms with Crippen LogP contribution >= 0.6 is 12.2 Å². The first-order chi connectivity index (χ1) is 11.8. The van der Waals surface area contributed by atoms with E-state index in [1.54, 1.807) is 0 Å². The summed E-state index contributed by atoms with van der Waals surface area (Å²) in [4.78, 5) is 4.94. The van der Waals surface area contributed by atoms with Gasteiger partial charge in [0.1, 0.15) is 0 Å². The molecule has 2 heterocycles. The first-order valence-electron chi connectivity index (χ1n) is 8.99. The van der Waals surface area contributed by atoms with Gasteiger partial charge in [0.05, 0.1) is 0 Å². The van der Waals surface area contributed by atoms with Gasteiger partial charge in [0.25, 0.3) is 0 Å². The van der Waals surface area contributed by atoms with Crippen molar-refractivity contribution in [2.24, 2.45) is 0 Å². The average Bonchev–Trinajstić information content (AvgIpc) is 3.10. The second-order valence-electron chi connectivity index (χ2n) is 6.81. The number of anilines is 1. The molecule has 5 nitrogen and oxygen atoms in total. The van der Waals surface area contributed by atoms with Gasteiger partial charge in [0, 0.05) is 44.0 Å². The number of fused-ring (bicyclic) bond motifs is 1. The minimum atomic E-state index is 0.298. The van der Waals surface area contributed by atoms with E-state index in [4.69, 9.17) is 21.7 Å². The van der Waals surface area contributed by atoms with Gasteiger partial charge in [-0.3, -0.25) is 4.90 Å². The largest absolute Gasteiger partial charge is 0.454 e. The highest BCUT2D eigenvalue weighted by Gasteiger charge is 2.26. The van der Waals surface area contributed by atoms with E-state index >= 15 is 0 Å². The summed E-state index contributed by atoms with van der Waals surface area (Å²) in [5.41, 5.74) is 0.957. The van der Waals surface area contributed by atoms with Crippen LogP contribution in [0.2, 0.25) is 0 Å². The molecule has 1 saturated heterocycles. The number of rotatable bonds is 2. The van der Waals surface area contributed by atoms with Crippen molar-refractivity contribution in [3.63, 3.8) is 0 Å². The summed E-state index contributed by atoms with van der Waals surface area (Å²) in [5.74, 6) is 1.58. The topological polar surface area (TPSA) is 37.0 Å². The number of nitrogens with one attached hydrogen (secondary N) is 1. The highest BCUT2D eigenvalue weighted by molar-refractivity contribution is 7.80. The molecule has 0 aromatic heterocycles. The van der Waals surface area contributed by atoms with E-state index in [2.05, 4.69) is 15.1 Å². The van der Waals surface area contributed by atoms with Gasteiger partial charge < -0.3 is 19.7 Å². The van der Waals surface area contributed by atoms with Gasteiger partial charge in [-0.15, -0.1) is 0 Å². The fraction of sp³-hybridized carbons (Fsp3) is 0.611. The van der Waals surface area contributed by atoms with E-state index in [0.29, 0.717) is 6.79 Å². The Morgan fingerprint density at radius 2 is 1.75 bits per heavy atom. The molecule has 1 aromatic rings. The lowest BCUT2D eigenvalue weighted by molar-refractivity contribution is 0.108. The molecule has 1 saturated carbocycles. The molecule has 0 atom stereocenters. The Morgan fingerprint density at radius 1 is 1.00 bits per heavy atom. The molecule has 130 valence electrons. The molecule has 0 unspecified atom stereocenters. The number of hydrogen-bond donors (Lipinski definition) is 1. The van der Waals surface area contributed by atoms with Gasteiger partial charge in [-0.05, 0) is 37.2 Å². The quantitative estimate of drug-likeness (QED) is 0.829. The Kier molecular flexibility index (Phi) is 4.76. The van der Waals surface area contributed by atoms with Gasteiger partial charge in [-0.1, -0.05) is 19.3 Å². The number of ether oxygens (including phenoxy) is 2. The van der Waals surface area contributed by atoms with Gasteiger partial charge in [0.2, 0.25) is 6.79 Å². The lowest BCUT2D eigenvalue weighted by Crippen LogP contribution is -2.53. The minimum absolute atomic E-state index is 0.298. The van der Waals surface area contributed by atoms with E-state index in [9.17, 15) is 0 Å². The maximum absolute atomic E-state index is 5.60. The van der Waals surface area contributed by atoms with E-state index in [1.807, 2.05) is 18.2 Å². The van der Waals surface area contributed by atoms with Crippen LogP contribution in [0.25, 0.3) is 0 Å². The van der Waals surface area contributed by atoms with Crippen LogP contribution in [0.3, 0.4) is 0 Å². The maximum atomic E-state index is 5.60. The van der Waals surface area contributed by atoms with Crippen LogP contribution in [-0.4, -0.2) is 53.9 Å². The predicted octanol–water partition coefficient (Wildman–Crippen LogP) is 3.06. The second kappa shape index (κ2) is 7.15. The lowest BCUT2D eigenvalue weighted by atomic mass is 9.94. The third-order valence-electron chi connectivity index (χ3n) is 5.32. The van der Waals surface area contributed by atoms with E-state index < -0.39 is 0 Å². The number of hydrogen-bond acceptors (Lipinski definition) is 4. The third-order valence-corrected chi connectivity index (χ3v) is 5.68. The summed E-state index contributed by atoms with van der Waals surface area (Å²) in [5, 5.41) is 4.14. The monoisotopic (exact) mass is 347 g/mol. The molecule has 1 N–H and O–H groups in total. The molecule has 3 aliphatic rings. The van der Waals surface area contributed by atoms with Crippen molar-refractivity contribution in [2.75, 3.05) is 38.3 Å². The smallest absolute Gasteiger partial charge is 0.231 e. The van der Waals surface area contributed by atoms with E-state index in [-0.39, 0.29) is 0 Å². The molecule has 0 radical (unpaired) electrons. The van der Waals surface area contributed by atoms with Crippen molar-refractivity contribution in [2.45, 2.75) is 38.1 Å². The van der Waals surface area contributed by atoms with Crippen molar-refractivity contribution in [1.29, 1.82) is 0 Å². The van der Waals surface area contributed by atoms with E-state index in [0.717, 1.165) is 54.5 Å². The van der Waals surface area contributed by atoms with Crippen molar-refractivity contribution in [1.82, 2.24) is 9.80 Å². The Labute approximate surface area is 148 Å². The Hall–Kier alpha value is -1.53. The van der Waals surface area contributed by atoms with Crippen molar-refractivity contribution in [3.8, 4) is 11.5 Å². The zero-order valence-electron chi connectivity index (χ0n) is 14.0. The highest BCUT2D eigenvalue weighted by atomic mass is 32.1. The fourth-order valence-electron chi connectivity index (χ4n) is 3.91. The molecule has 6 heteroatoms. The number of benzene rings is 1. The van der Waals surface area contributed by atoms with Gasteiger partial charge in [-0.25, -0.2) is 0 Å². The number of thiocarbonyl (C=S) groups is 1. The average molecular weight is 347 g/mol. The third kappa shape index (κ3) is 3.44. The molecular formula is C18H25N3O2S. The van der Waals surface area contributed by atoms with Crippen LogP contribution in [0.1, 0.15) is 32.1 Å². The van der Waals surface area contributed by atoms with Crippen LogP contribution in [0, 0.1) is 0 Å².